The van der Waals surface area contributed by atoms with Gasteiger partial charge in [0.1, 0.15) is 11.6 Å². The molecule has 0 spiro atoms. The van der Waals surface area contributed by atoms with Gasteiger partial charge in [-0.15, -0.1) is 0 Å². The van der Waals surface area contributed by atoms with Crippen LogP contribution < -0.4 is 11.1 Å². The first-order chi connectivity index (χ1) is 10.0. The lowest BCUT2D eigenvalue weighted by Gasteiger charge is -2.24. The third kappa shape index (κ3) is 4.12. The van der Waals surface area contributed by atoms with E-state index in [9.17, 15) is 8.78 Å². The van der Waals surface area contributed by atoms with Crippen LogP contribution in [0.25, 0.3) is 0 Å². The van der Waals surface area contributed by atoms with Gasteiger partial charge in [0.25, 0.3) is 0 Å². The highest BCUT2D eigenvalue weighted by Crippen LogP contribution is 2.32. The third-order valence-corrected chi connectivity index (χ3v) is 3.60. The largest absolute Gasteiger partial charge is 0.396 e. The first-order valence-electron chi connectivity index (χ1n) is 6.75. The summed E-state index contributed by atoms with van der Waals surface area (Å²) in [4.78, 5) is 4.17. The summed E-state index contributed by atoms with van der Waals surface area (Å²) in [6.45, 7) is 1.55. The number of aliphatic imine (C=N–C) groups is 1. The minimum atomic E-state index is -0.608. The Morgan fingerprint density at radius 2 is 2.29 bits per heavy atom. The predicted molar refractivity (Wildman–Crippen MR) is 76.0 cm³/mol. The second-order valence-corrected chi connectivity index (χ2v) is 5.23. The molecule has 2 rings (SSSR count). The summed E-state index contributed by atoms with van der Waals surface area (Å²) in [7, 11) is 0. The van der Waals surface area contributed by atoms with Crippen molar-refractivity contribution in [3.05, 3.63) is 29.8 Å². The molecule has 0 saturated carbocycles. The van der Waals surface area contributed by atoms with Crippen molar-refractivity contribution in [2.45, 2.75) is 12.8 Å². The molecular formula is C14H19F2N3O2. The van der Waals surface area contributed by atoms with E-state index in [0.29, 0.717) is 26.2 Å². The smallest absolute Gasteiger partial charge is 0.193 e. The molecule has 1 aromatic carbocycles. The Hall–Kier alpha value is -1.73. The molecular weight excluding hydrogens is 280 g/mol. The number of nitrogens with zero attached hydrogens (tertiary/aromatic N) is 1. The fourth-order valence-electron chi connectivity index (χ4n) is 2.31. The first-order valence-corrected chi connectivity index (χ1v) is 6.75. The molecule has 0 amide bonds. The quantitative estimate of drug-likeness (QED) is 0.568. The normalized spacial score (nSPS) is 22.5. The Morgan fingerprint density at radius 1 is 1.48 bits per heavy atom. The molecule has 5 nitrogen and oxygen atoms in total. The number of guanidine groups is 1. The number of nitrogens with one attached hydrogen (secondary N) is 1. The number of benzene rings is 1. The summed E-state index contributed by atoms with van der Waals surface area (Å²) in [5.41, 5.74) is 5.41. The maximum Gasteiger partial charge on any atom is 0.193 e. The van der Waals surface area contributed by atoms with E-state index in [1.54, 1.807) is 0 Å². The Bertz CT molecular complexity index is 517. The number of anilines is 1. The highest BCUT2D eigenvalue weighted by atomic mass is 19.1. The van der Waals surface area contributed by atoms with Gasteiger partial charge in [0.05, 0.1) is 18.8 Å². The van der Waals surface area contributed by atoms with Crippen LogP contribution in [0.2, 0.25) is 0 Å². The van der Waals surface area contributed by atoms with Crippen LogP contribution in [-0.4, -0.2) is 37.4 Å². The summed E-state index contributed by atoms with van der Waals surface area (Å²) in [5, 5.41) is 11.7. The van der Waals surface area contributed by atoms with Crippen LogP contribution in [0, 0.1) is 17.0 Å². The van der Waals surface area contributed by atoms with Gasteiger partial charge in [-0.05, 0) is 25.0 Å². The molecule has 1 saturated heterocycles. The predicted octanol–water partition coefficient (Wildman–Crippen LogP) is 1.48. The van der Waals surface area contributed by atoms with E-state index < -0.39 is 11.6 Å². The van der Waals surface area contributed by atoms with Gasteiger partial charge in [-0.2, -0.15) is 0 Å². The van der Waals surface area contributed by atoms with Crippen molar-refractivity contribution in [1.29, 1.82) is 0 Å². The summed E-state index contributed by atoms with van der Waals surface area (Å²) >= 11 is 0. The van der Waals surface area contributed by atoms with Crippen LogP contribution in [0.3, 0.4) is 0 Å². The molecule has 0 aliphatic carbocycles. The highest BCUT2D eigenvalue weighted by Gasteiger charge is 2.34. The number of aliphatic hydroxyl groups excluding tert-OH is 1. The van der Waals surface area contributed by atoms with Crippen LogP contribution >= 0.6 is 0 Å². The number of ether oxygens (including phenoxy) is 1. The molecule has 1 fully saturated rings. The van der Waals surface area contributed by atoms with Gasteiger partial charge >= 0.3 is 0 Å². The molecule has 1 aliphatic rings. The standard InChI is InChI=1S/C14H19F2N3O2/c15-10-1-2-11(16)12(7-10)19-13(17)18-8-14(3-5-20)4-6-21-9-14/h1-2,7,20H,3-6,8-9H2,(H3,17,18,19). The monoisotopic (exact) mass is 299 g/mol. The lowest BCUT2D eigenvalue weighted by Crippen LogP contribution is -2.30. The number of rotatable bonds is 5. The van der Waals surface area contributed by atoms with Crippen molar-refractivity contribution < 1.29 is 18.6 Å². The van der Waals surface area contributed by atoms with Gasteiger partial charge in [-0.1, -0.05) is 0 Å². The average molecular weight is 299 g/mol. The van der Waals surface area contributed by atoms with Crippen molar-refractivity contribution in [3.8, 4) is 0 Å². The van der Waals surface area contributed by atoms with Gasteiger partial charge in [-0.3, -0.25) is 4.99 Å². The van der Waals surface area contributed by atoms with E-state index in [1.165, 1.54) is 0 Å². The van der Waals surface area contributed by atoms with Gasteiger partial charge in [-0.25, -0.2) is 8.78 Å². The van der Waals surface area contributed by atoms with E-state index in [0.717, 1.165) is 24.6 Å². The van der Waals surface area contributed by atoms with E-state index in [4.69, 9.17) is 15.6 Å². The maximum absolute atomic E-state index is 13.5. The lowest BCUT2D eigenvalue weighted by atomic mass is 9.84. The van der Waals surface area contributed by atoms with Crippen molar-refractivity contribution in [2.24, 2.45) is 16.1 Å². The number of hydrogen-bond donors (Lipinski definition) is 3. The minimum absolute atomic E-state index is 0.00344. The molecule has 1 aromatic rings. The molecule has 4 N–H and O–H groups in total. The molecule has 0 radical (unpaired) electrons. The minimum Gasteiger partial charge on any atom is -0.396 e. The number of nitrogens with two attached hydrogens (primary N) is 1. The summed E-state index contributed by atoms with van der Waals surface area (Å²) in [6, 6.07) is 3.06. The summed E-state index contributed by atoms with van der Waals surface area (Å²) < 4.78 is 31.9. The number of halogens is 2. The Kier molecular flexibility index (Phi) is 5.08. The molecule has 1 unspecified atom stereocenters. The molecule has 1 heterocycles. The SMILES string of the molecule is NC(=NCC1(CCO)CCOC1)Nc1cc(F)ccc1F. The van der Waals surface area contributed by atoms with Gasteiger partial charge < -0.3 is 20.9 Å². The average Bonchev–Trinajstić information content (AvgIpc) is 2.90. The van der Waals surface area contributed by atoms with Crippen LogP contribution in [0.1, 0.15) is 12.8 Å². The Morgan fingerprint density at radius 3 is 2.95 bits per heavy atom. The van der Waals surface area contributed by atoms with Crippen LogP contribution in [0.5, 0.6) is 0 Å². The fraction of sp³-hybridized carbons (Fsp3) is 0.500. The zero-order valence-electron chi connectivity index (χ0n) is 11.6. The highest BCUT2D eigenvalue weighted by molar-refractivity contribution is 5.92. The maximum atomic E-state index is 13.5. The Labute approximate surface area is 121 Å². The third-order valence-electron chi connectivity index (χ3n) is 3.60. The van der Waals surface area contributed by atoms with Crippen molar-refractivity contribution >= 4 is 11.6 Å². The lowest BCUT2D eigenvalue weighted by molar-refractivity contribution is 0.131. The van der Waals surface area contributed by atoms with Gasteiger partial charge in [0.2, 0.25) is 0 Å². The second-order valence-electron chi connectivity index (χ2n) is 5.23. The van der Waals surface area contributed by atoms with Gasteiger partial charge in [0, 0.05) is 24.7 Å². The molecule has 116 valence electrons. The molecule has 1 aliphatic heterocycles. The second kappa shape index (κ2) is 6.82. The zero-order chi connectivity index (χ0) is 15.3. The summed E-state index contributed by atoms with van der Waals surface area (Å²) in [6.07, 6.45) is 1.36. The van der Waals surface area contributed by atoms with E-state index >= 15 is 0 Å². The number of aliphatic hydroxyl groups is 1. The van der Waals surface area contributed by atoms with E-state index in [1.807, 2.05) is 0 Å². The van der Waals surface area contributed by atoms with Crippen LogP contribution in [-0.2, 0) is 4.74 Å². The van der Waals surface area contributed by atoms with Crippen molar-refractivity contribution in [3.63, 3.8) is 0 Å². The summed E-state index contributed by atoms with van der Waals surface area (Å²) in [5.74, 6) is -1.17. The Balaban J connectivity index is 2.02. The first kappa shape index (κ1) is 15.7. The molecule has 1 atom stereocenters. The van der Waals surface area contributed by atoms with Gasteiger partial charge in [0.15, 0.2) is 5.96 Å². The van der Waals surface area contributed by atoms with E-state index in [2.05, 4.69) is 10.3 Å². The molecule has 21 heavy (non-hydrogen) atoms. The molecule has 0 bridgehead atoms. The van der Waals surface area contributed by atoms with Crippen LogP contribution in [0.4, 0.5) is 14.5 Å². The van der Waals surface area contributed by atoms with Crippen molar-refractivity contribution in [1.82, 2.24) is 0 Å². The van der Waals surface area contributed by atoms with Crippen molar-refractivity contribution in [2.75, 3.05) is 31.7 Å². The fourth-order valence-corrected chi connectivity index (χ4v) is 2.31. The molecule has 7 heteroatoms. The van der Waals surface area contributed by atoms with E-state index in [-0.39, 0.29) is 23.7 Å². The topological polar surface area (TPSA) is 79.9 Å². The zero-order valence-corrected chi connectivity index (χ0v) is 11.6. The van der Waals surface area contributed by atoms with Crippen LogP contribution in [0.15, 0.2) is 23.2 Å². The number of hydrogen-bond acceptors (Lipinski definition) is 3. The molecule has 0 aromatic heterocycles.